The third-order valence-corrected chi connectivity index (χ3v) is 1.39. The fourth-order valence-corrected chi connectivity index (χ4v) is 0.762. The van der Waals surface area contributed by atoms with Gasteiger partial charge < -0.3 is 0 Å². The van der Waals surface area contributed by atoms with Gasteiger partial charge in [0.05, 0.1) is 0 Å². The van der Waals surface area contributed by atoms with Crippen LogP contribution in [0.1, 0.15) is 6.92 Å². The smallest absolute Gasteiger partial charge is 0.0347 e. The molecule has 0 aliphatic heterocycles. The second-order valence-electron chi connectivity index (χ2n) is 1.15. The fraction of sp³-hybridized carbons (Fsp3) is 0.333. The van der Waals surface area contributed by atoms with Gasteiger partial charge in [0.25, 0.3) is 0 Å². The number of allylic oxidation sites excluding steroid dienone is 2. The van der Waals surface area contributed by atoms with Gasteiger partial charge in [-0.2, -0.15) is 0 Å². The zero-order valence-electron chi connectivity index (χ0n) is 4.65. The molecule has 0 nitrogen and oxygen atoms in total. The van der Waals surface area contributed by atoms with Crippen LogP contribution in [0, 0.1) is 0 Å². The van der Waals surface area contributed by atoms with E-state index in [1.54, 1.807) is 0 Å². The maximum Gasteiger partial charge on any atom is -0.0347 e. The summed E-state index contributed by atoms with van der Waals surface area (Å²) in [5.74, 6) is 2.15. The molecule has 0 N–H and O–H groups in total. The van der Waals surface area contributed by atoms with Crippen LogP contribution >= 0.6 is 8.58 Å². The van der Waals surface area contributed by atoms with Crippen LogP contribution in [0.15, 0.2) is 24.5 Å². The summed E-state index contributed by atoms with van der Waals surface area (Å²) >= 11 is 0. The first kappa shape index (κ1) is 6.91. The summed E-state index contributed by atoms with van der Waals surface area (Å²) in [5.41, 5.74) is 0. The highest BCUT2D eigenvalue weighted by atomic mass is 31.1. The van der Waals surface area contributed by atoms with Gasteiger partial charge in [0.15, 0.2) is 0 Å². The van der Waals surface area contributed by atoms with E-state index in [9.17, 15) is 0 Å². The van der Waals surface area contributed by atoms with Crippen molar-refractivity contribution in [3.63, 3.8) is 0 Å². The largest absolute Gasteiger partial charge is 0.0991 e. The van der Waals surface area contributed by atoms with E-state index < -0.39 is 0 Å². The maximum atomic E-state index is 3.55. The van der Waals surface area contributed by atoms with Crippen LogP contribution in [0.3, 0.4) is 0 Å². The minimum absolute atomic E-state index is 0.970. The molecule has 0 bridgehead atoms. The van der Waals surface area contributed by atoms with Crippen molar-refractivity contribution in [3.05, 3.63) is 24.5 Å². The predicted octanol–water partition coefficient (Wildman–Crippen LogP) is 2.38. The molecular weight excluding hydrogens is 103 g/mol. The van der Waals surface area contributed by atoms with Gasteiger partial charge in [-0.3, -0.25) is 0 Å². The highest BCUT2D eigenvalue weighted by Gasteiger charge is 1.65. The van der Waals surface area contributed by atoms with Crippen LogP contribution in [0.25, 0.3) is 0 Å². The summed E-state index contributed by atoms with van der Waals surface area (Å²) in [4.78, 5) is 0. The Labute approximate surface area is 47.1 Å². The molecule has 0 aliphatic rings. The Morgan fingerprint density at radius 3 is 2.86 bits per heavy atom. The van der Waals surface area contributed by atoms with Crippen LogP contribution in [0.4, 0.5) is 0 Å². The van der Waals surface area contributed by atoms with Crippen molar-refractivity contribution in [2.45, 2.75) is 6.92 Å². The fourth-order valence-electron chi connectivity index (χ4n) is 0.254. The van der Waals surface area contributed by atoms with Crippen molar-refractivity contribution in [2.24, 2.45) is 0 Å². The molecule has 0 saturated heterocycles. The van der Waals surface area contributed by atoms with Gasteiger partial charge in [-0.25, -0.2) is 0 Å². The quantitative estimate of drug-likeness (QED) is 0.390. The van der Waals surface area contributed by atoms with Gasteiger partial charge in [0.1, 0.15) is 0 Å². The zero-order chi connectivity index (χ0) is 5.54. The van der Waals surface area contributed by atoms with E-state index in [1.165, 1.54) is 6.16 Å². The van der Waals surface area contributed by atoms with Crippen molar-refractivity contribution < 1.29 is 0 Å². The highest BCUT2D eigenvalue weighted by Crippen LogP contribution is 2.08. The molecule has 1 heteroatoms. The van der Waals surface area contributed by atoms with Crippen LogP contribution in [-0.2, 0) is 0 Å². The van der Waals surface area contributed by atoms with Gasteiger partial charge in [-0.05, 0) is 6.16 Å². The lowest BCUT2D eigenvalue weighted by molar-refractivity contribution is 1.52. The monoisotopic (exact) mass is 114 g/mol. The van der Waals surface area contributed by atoms with E-state index in [0.29, 0.717) is 0 Å². The molecule has 0 rings (SSSR count). The van der Waals surface area contributed by atoms with E-state index in [-0.39, 0.29) is 0 Å². The van der Waals surface area contributed by atoms with Crippen LogP contribution in [-0.4, -0.2) is 6.16 Å². The minimum atomic E-state index is 0.970. The summed E-state index contributed by atoms with van der Waals surface area (Å²) in [6.07, 6.45) is 5.05. The molecular formula is C6H11P. The Balaban J connectivity index is 2.92. The summed E-state index contributed by atoms with van der Waals surface area (Å²) in [5, 5.41) is 0. The molecule has 0 radical (unpaired) electrons. The Morgan fingerprint density at radius 2 is 2.43 bits per heavy atom. The summed E-state index contributed by atoms with van der Waals surface area (Å²) in [7, 11) is 0.970. The lowest BCUT2D eigenvalue weighted by atomic mass is 10.6. The SMILES string of the molecule is C=C/C=C\PCC. The molecule has 1 atom stereocenters. The first-order valence-corrected chi connectivity index (χ1v) is 3.71. The topological polar surface area (TPSA) is 0 Å². The van der Waals surface area contributed by atoms with Gasteiger partial charge in [0.2, 0.25) is 0 Å². The zero-order valence-corrected chi connectivity index (χ0v) is 5.65. The summed E-state index contributed by atoms with van der Waals surface area (Å²) < 4.78 is 0. The number of rotatable bonds is 3. The number of hydrogen-bond donors (Lipinski definition) is 0. The molecule has 0 heterocycles. The second kappa shape index (κ2) is 5.91. The molecule has 1 unspecified atom stereocenters. The molecule has 0 aromatic carbocycles. The Bertz CT molecular complexity index is 64.6. The second-order valence-corrected chi connectivity index (χ2v) is 2.60. The molecule has 7 heavy (non-hydrogen) atoms. The predicted molar refractivity (Wildman–Crippen MR) is 38.2 cm³/mol. The van der Waals surface area contributed by atoms with E-state index >= 15 is 0 Å². The minimum Gasteiger partial charge on any atom is -0.0991 e. The molecule has 0 aliphatic carbocycles. The van der Waals surface area contributed by atoms with Crippen molar-refractivity contribution in [3.8, 4) is 0 Å². The van der Waals surface area contributed by atoms with Crippen LogP contribution < -0.4 is 0 Å². The average molecular weight is 114 g/mol. The first-order chi connectivity index (χ1) is 3.41. The molecule has 0 fully saturated rings. The lowest BCUT2D eigenvalue weighted by Gasteiger charge is -1.78. The van der Waals surface area contributed by atoms with E-state index in [4.69, 9.17) is 0 Å². The lowest BCUT2D eigenvalue weighted by Crippen LogP contribution is -1.50. The van der Waals surface area contributed by atoms with Gasteiger partial charge >= 0.3 is 0 Å². The van der Waals surface area contributed by atoms with Gasteiger partial charge in [-0.15, -0.1) is 0 Å². The standard InChI is InChI=1S/C6H11P/c1-3-5-6-7-4-2/h3,5-7H,1,4H2,2H3/b6-5-. The first-order valence-electron chi connectivity index (χ1n) is 2.42. The average Bonchev–Trinajstić information content (AvgIpc) is 1.69. The van der Waals surface area contributed by atoms with Crippen molar-refractivity contribution >= 4 is 8.58 Å². The summed E-state index contributed by atoms with van der Waals surface area (Å²) in [6.45, 7) is 5.72. The van der Waals surface area contributed by atoms with E-state index in [2.05, 4.69) is 19.3 Å². The van der Waals surface area contributed by atoms with Crippen molar-refractivity contribution in [1.82, 2.24) is 0 Å². The molecule has 0 amide bonds. The van der Waals surface area contributed by atoms with Gasteiger partial charge in [0, 0.05) is 0 Å². The van der Waals surface area contributed by atoms with E-state index in [0.717, 1.165) is 8.58 Å². The molecule has 0 saturated carbocycles. The van der Waals surface area contributed by atoms with Crippen molar-refractivity contribution in [1.29, 1.82) is 0 Å². The van der Waals surface area contributed by atoms with Gasteiger partial charge in [-0.1, -0.05) is 40.1 Å². The van der Waals surface area contributed by atoms with Crippen LogP contribution in [0.2, 0.25) is 0 Å². The third-order valence-electron chi connectivity index (χ3n) is 0.554. The van der Waals surface area contributed by atoms with Crippen molar-refractivity contribution in [2.75, 3.05) is 6.16 Å². The summed E-state index contributed by atoms with van der Waals surface area (Å²) in [6, 6.07) is 0. The van der Waals surface area contributed by atoms with E-state index in [1.807, 2.05) is 12.2 Å². The molecule has 0 aromatic heterocycles. The normalized spacial score (nSPS) is 11.6. The Morgan fingerprint density at radius 1 is 1.71 bits per heavy atom. The molecule has 0 spiro atoms. The molecule has 0 aromatic rings. The third kappa shape index (κ3) is 5.91. The highest BCUT2D eigenvalue weighted by molar-refractivity contribution is 7.41. The maximum absolute atomic E-state index is 3.55. The number of hydrogen-bond acceptors (Lipinski definition) is 0. The Hall–Kier alpha value is -0.0900. The van der Waals surface area contributed by atoms with Crippen LogP contribution in [0.5, 0.6) is 0 Å². The molecule has 40 valence electrons. The Kier molecular flexibility index (Phi) is 5.83.